The summed E-state index contributed by atoms with van der Waals surface area (Å²) < 4.78 is 5.43. The Balaban J connectivity index is 2.41. The lowest BCUT2D eigenvalue weighted by atomic mass is 9.90. The van der Waals surface area contributed by atoms with Gasteiger partial charge in [-0.05, 0) is 25.5 Å². The van der Waals surface area contributed by atoms with Gasteiger partial charge < -0.3 is 9.64 Å². The zero-order chi connectivity index (χ0) is 14.2. The first-order valence-corrected chi connectivity index (χ1v) is 6.97. The molecule has 2 rings (SSSR count). The summed E-state index contributed by atoms with van der Waals surface area (Å²) in [6.45, 7) is 6.80. The van der Waals surface area contributed by atoms with Gasteiger partial charge >= 0.3 is 0 Å². The number of methoxy groups -OCH3 is 1. The molecule has 3 nitrogen and oxygen atoms in total. The van der Waals surface area contributed by atoms with E-state index in [1.807, 2.05) is 26.0 Å². The van der Waals surface area contributed by atoms with E-state index in [-0.39, 0.29) is 12.0 Å². The number of piperidine rings is 1. The number of carbonyl (C=O) groups excluding carboxylic acids is 1. The highest BCUT2D eigenvalue weighted by Crippen LogP contribution is 2.37. The number of halogens is 1. The molecule has 1 aromatic rings. The third-order valence-corrected chi connectivity index (χ3v) is 4.50. The van der Waals surface area contributed by atoms with Crippen molar-refractivity contribution < 1.29 is 9.53 Å². The summed E-state index contributed by atoms with van der Waals surface area (Å²) in [4.78, 5) is 14.0. The first-order chi connectivity index (χ1) is 8.95. The number of aryl methyl sites for hydroxylation is 1. The standard InChI is InChI=1S/C15H20ClNO2/c1-9-7-13(15(19-4)8-12(9)16)17-6-5-14(18)10(2)11(17)3/h7-8,10-11H,5-6H2,1-4H3. The van der Waals surface area contributed by atoms with Crippen LogP contribution in [0, 0.1) is 12.8 Å². The molecule has 0 aromatic heterocycles. The van der Waals surface area contributed by atoms with Crippen LogP contribution >= 0.6 is 11.6 Å². The van der Waals surface area contributed by atoms with Crippen molar-refractivity contribution in [1.82, 2.24) is 0 Å². The van der Waals surface area contributed by atoms with Gasteiger partial charge in [0.05, 0.1) is 12.8 Å². The summed E-state index contributed by atoms with van der Waals surface area (Å²) in [7, 11) is 1.65. The number of carbonyl (C=O) groups is 1. The predicted octanol–water partition coefficient (Wildman–Crippen LogP) is 3.46. The highest BCUT2D eigenvalue weighted by atomic mass is 35.5. The maximum Gasteiger partial charge on any atom is 0.143 e. The lowest BCUT2D eigenvalue weighted by Gasteiger charge is -2.39. The molecule has 0 radical (unpaired) electrons. The number of nitrogens with zero attached hydrogens (tertiary/aromatic N) is 1. The quantitative estimate of drug-likeness (QED) is 0.831. The summed E-state index contributed by atoms with van der Waals surface area (Å²) >= 11 is 6.14. The average Bonchev–Trinajstić information content (AvgIpc) is 2.39. The smallest absolute Gasteiger partial charge is 0.143 e. The minimum absolute atomic E-state index is 0.0504. The number of Topliss-reactive ketones (excluding diaryl/α,β-unsaturated/α-hetero) is 1. The van der Waals surface area contributed by atoms with Gasteiger partial charge in [-0.15, -0.1) is 0 Å². The molecule has 0 N–H and O–H groups in total. The van der Waals surface area contributed by atoms with Gasteiger partial charge in [0.1, 0.15) is 11.5 Å². The molecule has 0 bridgehead atoms. The molecule has 1 aromatic carbocycles. The molecule has 0 spiro atoms. The summed E-state index contributed by atoms with van der Waals surface area (Å²) in [5.41, 5.74) is 2.05. The van der Waals surface area contributed by atoms with E-state index in [2.05, 4.69) is 11.8 Å². The number of rotatable bonds is 2. The third kappa shape index (κ3) is 2.57. The average molecular weight is 282 g/mol. The molecule has 1 aliphatic rings. The van der Waals surface area contributed by atoms with Crippen LogP contribution in [0.15, 0.2) is 12.1 Å². The molecule has 1 saturated heterocycles. The molecule has 104 valence electrons. The Kier molecular flexibility index (Phi) is 4.04. The van der Waals surface area contributed by atoms with Crippen molar-refractivity contribution >= 4 is 23.1 Å². The van der Waals surface area contributed by atoms with Crippen LogP contribution in [0.3, 0.4) is 0 Å². The maximum atomic E-state index is 11.8. The van der Waals surface area contributed by atoms with Gasteiger partial charge in [0.15, 0.2) is 0 Å². The highest BCUT2D eigenvalue weighted by Gasteiger charge is 2.32. The number of hydrogen-bond donors (Lipinski definition) is 0. The summed E-state index contributed by atoms with van der Waals surface area (Å²) in [5.74, 6) is 1.16. The highest BCUT2D eigenvalue weighted by molar-refractivity contribution is 6.31. The Morgan fingerprint density at radius 2 is 2.05 bits per heavy atom. The van der Waals surface area contributed by atoms with E-state index in [1.54, 1.807) is 7.11 Å². The SMILES string of the molecule is COc1cc(Cl)c(C)cc1N1CCC(=O)C(C)C1C. The second-order valence-corrected chi connectivity index (χ2v) is 5.62. The second-order valence-electron chi connectivity index (χ2n) is 5.21. The van der Waals surface area contributed by atoms with Crippen LogP contribution in [0.1, 0.15) is 25.8 Å². The van der Waals surface area contributed by atoms with Crippen molar-refractivity contribution in [3.05, 3.63) is 22.7 Å². The van der Waals surface area contributed by atoms with E-state index in [1.165, 1.54) is 0 Å². The molecule has 19 heavy (non-hydrogen) atoms. The fraction of sp³-hybridized carbons (Fsp3) is 0.533. The first kappa shape index (κ1) is 14.2. The maximum absolute atomic E-state index is 11.8. The molecule has 1 aliphatic heterocycles. The summed E-state index contributed by atoms with van der Waals surface area (Å²) in [6.07, 6.45) is 0.594. The summed E-state index contributed by atoms with van der Waals surface area (Å²) in [5, 5.41) is 0.703. The van der Waals surface area contributed by atoms with E-state index in [0.29, 0.717) is 17.2 Å². The number of hydrogen-bond acceptors (Lipinski definition) is 3. The second kappa shape index (κ2) is 5.41. The van der Waals surface area contributed by atoms with Gasteiger partial charge in [-0.1, -0.05) is 18.5 Å². The van der Waals surface area contributed by atoms with E-state index in [0.717, 1.165) is 23.5 Å². The molecule has 2 unspecified atom stereocenters. The van der Waals surface area contributed by atoms with E-state index in [9.17, 15) is 4.79 Å². The monoisotopic (exact) mass is 281 g/mol. The Hall–Kier alpha value is -1.22. The molecule has 0 amide bonds. The molecule has 2 atom stereocenters. The van der Waals surface area contributed by atoms with Crippen molar-refractivity contribution in [3.63, 3.8) is 0 Å². The number of ether oxygens (including phenoxy) is 1. The van der Waals surface area contributed by atoms with E-state index >= 15 is 0 Å². The molecule has 1 heterocycles. The Labute approximate surface area is 119 Å². The number of benzene rings is 1. The van der Waals surface area contributed by atoms with Crippen molar-refractivity contribution in [1.29, 1.82) is 0 Å². The predicted molar refractivity (Wildman–Crippen MR) is 78.3 cm³/mol. The zero-order valence-electron chi connectivity index (χ0n) is 11.9. The van der Waals surface area contributed by atoms with Gasteiger partial charge in [0.25, 0.3) is 0 Å². The van der Waals surface area contributed by atoms with Gasteiger partial charge in [-0.2, -0.15) is 0 Å². The van der Waals surface area contributed by atoms with E-state index < -0.39 is 0 Å². The fourth-order valence-electron chi connectivity index (χ4n) is 2.58. The lowest BCUT2D eigenvalue weighted by Crippen LogP contribution is -2.47. The lowest BCUT2D eigenvalue weighted by molar-refractivity contribution is -0.123. The molecular formula is C15H20ClNO2. The normalized spacial score (nSPS) is 23.6. The number of ketones is 1. The van der Waals surface area contributed by atoms with Crippen LogP contribution in [-0.2, 0) is 4.79 Å². The zero-order valence-corrected chi connectivity index (χ0v) is 12.6. The van der Waals surface area contributed by atoms with Crippen LogP contribution in [0.2, 0.25) is 5.02 Å². The topological polar surface area (TPSA) is 29.5 Å². The molecular weight excluding hydrogens is 262 g/mol. The molecule has 0 saturated carbocycles. The van der Waals surface area contributed by atoms with Crippen molar-refractivity contribution in [3.8, 4) is 5.75 Å². The largest absolute Gasteiger partial charge is 0.495 e. The van der Waals surface area contributed by atoms with Gasteiger partial charge in [-0.3, -0.25) is 4.79 Å². The molecule has 0 aliphatic carbocycles. The van der Waals surface area contributed by atoms with Crippen LogP contribution < -0.4 is 9.64 Å². The minimum Gasteiger partial charge on any atom is -0.495 e. The van der Waals surface area contributed by atoms with E-state index in [4.69, 9.17) is 16.3 Å². The first-order valence-electron chi connectivity index (χ1n) is 6.59. The summed E-state index contributed by atoms with van der Waals surface area (Å²) in [6, 6.07) is 4.07. The Morgan fingerprint density at radius 3 is 2.68 bits per heavy atom. The van der Waals surface area contributed by atoms with Gasteiger partial charge in [0.2, 0.25) is 0 Å². The van der Waals surface area contributed by atoms with Crippen LogP contribution in [0.4, 0.5) is 5.69 Å². The van der Waals surface area contributed by atoms with Crippen molar-refractivity contribution in [2.24, 2.45) is 5.92 Å². The van der Waals surface area contributed by atoms with Crippen LogP contribution in [0.5, 0.6) is 5.75 Å². The van der Waals surface area contributed by atoms with Crippen molar-refractivity contribution in [2.75, 3.05) is 18.6 Å². The molecule has 1 fully saturated rings. The fourth-order valence-corrected chi connectivity index (χ4v) is 2.73. The van der Waals surface area contributed by atoms with Crippen LogP contribution in [0.25, 0.3) is 0 Å². The minimum atomic E-state index is 0.0504. The number of anilines is 1. The third-order valence-electron chi connectivity index (χ3n) is 4.09. The van der Waals surface area contributed by atoms with Gasteiger partial charge in [-0.25, -0.2) is 0 Å². The van der Waals surface area contributed by atoms with Gasteiger partial charge in [0, 0.05) is 36.0 Å². The van der Waals surface area contributed by atoms with Crippen molar-refractivity contribution in [2.45, 2.75) is 33.2 Å². The Morgan fingerprint density at radius 1 is 1.37 bits per heavy atom. The molecule has 4 heteroatoms. The van der Waals surface area contributed by atoms with Crippen LogP contribution in [-0.4, -0.2) is 25.5 Å². The Bertz CT molecular complexity index is 501.